The number of fused-ring (bicyclic) bond motifs is 2. The number of alkyl halides is 2. The van der Waals surface area contributed by atoms with Crippen LogP contribution >= 0.6 is 0 Å². The molecule has 3 heterocycles. The summed E-state index contributed by atoms with van der Waals surface area (Å²) in [5.74, 6) is -3.31. The molecule has 3 atom stereocenters. The Morgan fingerprint density at radius 3 is 2.17 bits per heavy atom. The average molecular weight is 452 g/mol. The topological polar surface area (TPSA) is 59.1 Å². The van der Waals surface area contributed by atoms with Crippen molar-refractivity contribution in [3.63, 3.8) is 0 Å². The summed E-state index contributed by atoms with van der Waals surface area (Å²) in [6.45, 7) is 0.641. The lowest BCUT2D eigenvalue weighted by atomic mass is 9.92. The van der Waals surface area contributed by atoms with Gasteiger partial charge in [0, 0.05) is 43.9 Å². The Bertz CT molecular complexity index is 842. The largest absolute Gasteiger partial charge is 0.435 e. The normalized spacial score (nSPS) is 28.2. The second kappa shape index (κ2) is 8.60. The number of morpholine rings is 1. The molecule has 0 aliphatic carbocycles. The van der Waals surface area contributed by atoms with Crippen molar-refractivity contribution in [3.05, 3.63) is 23.8 Å². The Morgan fingerprint density at radius 2 is 1.63 bits per heavy atom. The van der Waals surface area contributed by atoms with Gasteiger partial charge in [-0.25, -0.2) is 17.2 Å². The first kappa shape index (κ1) is 21.8. The Kier molecular flexibility index (Phi) is 6.25. The number of rotatable bonds is 6. The molecule has 11 heteroatoms. The van der Waals surface area contributed by atoms with Crippen LogP contribution in [0.15, 0.2) is 17.0 Å². The molecule has 168 valence electrons. The van der Waals surface area contributed by atoms with Gasteiger partial charge in [-0.15, -0.1) is 0 Å². The van der Waals surface area contributed by atoms with Gasteiger partial charge in [0.25, 0.3) is 0 Å². The second-order valence-electron chi connectivity index (χ2n) is 8.06. The molecule has 0 amide bonds. The fourth-order valence-electron chi connectivity index (χ4n) is 5.00. The molecule has 3 fully saturated rings. The van der Waals surface area contributed by atoms with Crippen LogP contribution in [0, 0.1) is 17.6 Å². The number of hydrogen-bond acceptors (Lipinski definition) is 5. The molecule has 2 bridgehead atoms. The highest BCUT2D eigenvalue weighted by Crippen LogP contribution is 2.43. The number of ether oxygens (including phenoxy) is 2. The molecule has 1 unspecified atom stereocenters. The molecule has 1 aromatic carbocycles. The van der Waals surface area contributed by atoms with E-state index in [0.29, 0.717) is 56.9 Å². The maximum atomic E-state index is 14.5. The first-order valence-corrected chi connectivity index (χ1v) is 11.5. The van der Waals surface area contributed by atoms with Gasteiger partial charge in [-0.1, -0.05) is 0 Å². The molecule has 6 nitrogen and oxygen atoms in total. The van der Waals surface area contributed by atoms with Crippen LogP contribution in [0.4, 0.5) is 17.6 Å². The molecule has 0 saturated carbocycles. The zero-order valence-corrected chi connectivity index (χ0v) is 17.1. The number of hydrogen-bond donors (Lipinski definition) is 0. The first-order valence-electron chi connectivity index (χ1n) is 10.0. The van der Waals surface area contributed by atoms with E-state index in [1.54, 1.807) is 0 Å². The van der Waals surface area contributed by atoms with E-state index in [4.69, 9.17) is 4.74 Å². The van der Waals surface area contributed by atoms with E-state index in [9.17, 15) is 26.0 Å². The van der Waals surface area contributed by atoms with E-state index in [1.807, 2.05) is 0 Å². The van der Waals surface area contributed by atoms with Crippen LogP contribution in [-0.4, -0.2) is 69.2 Å². The number of sulfonamides is 1. The van der Waals surface area contributed by atoms with Crippen molar-refractivity contribution < 1.29 is 35.5 Å². The predicted octanol–water partition coefficient (Wildman–Crippen LogP) is 2.83. The third kappa shape index (κ3) is 4.30. The molecule has 0 spiro atoms. The SMILES string of the molecule is O=S(=O)(c1c(F)cc(OC(F)F)cc1F)N1[C@@H]2CC[C@H]1CC(CN1CCOCC1)C2. The Morgan fingerprint density at radius 1 is 1.07 bits per heavy atom. The highest BCUT2D eigenvalue weighted by atomic mass is 32.2. The van der Waals surface area contributed by atoms with Gasteiger partial charge < -0.3 is 9.47 Å². The van der Waals surface area contributed by atoms with Gasteiger partial charge in [-0.2, -0.15) is 13.1 Å². The molecule has 1 aromatic rings. The monoisotopic (exact) mass is 452 g/mol. The Labute approximate surface area is 172 Å². The van der Waals surface area contributed by atoms with E-state index in [-0.39, 0.29) is 12.1 Å². The molecule has 0 aromatic heterocycles. The summed E-state index contributed by atoms with van der Waals surface area (Å²) in [5.41, 5.74) is 0. The third-order valence-electron chi connectivity index (χ3n) is 6.12. The van der Waals surface area contributed by atoms with Crippen molar-refractivity contribution in [2.24, 2.45) is 5.92 Å². The molecular formula is C19H24F4N2O4S. The highest BCUT2D eigenvalue weighted by molar-refractivity contribution is 7.89. The Balaban J connectivity index is 1.53. The highest BCUT2D eigenvalue weighted by Gasteiger charge is 2.48. The lowest BCUT2D eigenvalue weighted by Crippen LogP contribution is -2.49. The molecule has 0 N–H and O–H groups in total. The van der Waals surface area contributed by atoms with Crippen molar-refractivity contribution in [2.45, 2.75) is 49.3 Å². The fraction of sp³-hybridized carbons (Fsp3) is 0.684. The van der Waals surface area contributed by atoms with Crippen molar-refractivity contribution in [1.82, 2.24) is 9.21 Å². The summed E-state index contributed by atoms with van der Waals surface area (Å²) in [4.78, 5) is 1.20. The van der Waals surface area contributed by atoms with Gasteiger partial charge >= 0.3 is 6.61 Å². The van der Waals surface area contributed by atoms with Gasteiger partial charge in [-0.3, -0.25) is 4.90 Å². The van der Waals surface area contributed by atoms with Gasteiger partial charge in [-0.05, 0) is 31.6 Å². The lowest BCUT2D eigenvalue weighted by Gasteiger charge is -2.40. The van der Waals surface area contributed by atoms with Crippen LogP contribution in [0.25, 0.3) is 0 Å². The number of benzene rings is 1. The van der Waals surface area contributed by atoms with Crippen LogP contribution in [0.2, 0.25) is 0 Å². The minimum absolute atomic E-state index is 0.309. The number of nitrogens with zero attached hydrogens (tertiary/aromatic N) is 2. The zero-order valence-electron chi connectivity index (χ0n) is 16.3. The summed E-state index contributed by atoms with van der Waals surface area (Å²) < 4.78 is 90.5. The third-order valence-corrected chi connectivity index (χ3v) is 8.17. The molecule has 0 radical (unpaired) electrons. The van der Waals surface area contributed by atoms with Gasteiger partial charge in [0.05, 0.1) is 13.2 Å². The van der Waals surface area contributed by atoms with Crippen LogP contribution in [0.1, 0.15) is 25.7 Å². The summed E-state index contributed by atoms with van der Waals surface area (Å²) in [5, 5.41) is 0. The zero-order chi connectivity index (χ0) is 21.5. The number of piperidine rings is 1. The predicted molar refractivity (Wildman–Crippen MR) is 98.8 cm³/mol. The molecule has 3 saturated heterocycles. The maximum absolute atomic E-state index is 14.5. The minimum atomic E-state index is -4.45. The molecular weight excluding hydrogens is 428 g/mol. The van der Waals surface area contributed by atoms with Crippen LogP contribution in [-0.2, 0) is 14.8 Å². The van der Waals surface area contributed by atoms with Crippen LogP contribution in [0.3, 0.4) is 0 Å². The maximum Gasteiger partial charge on any atom is 0.387 e. The van der Waals surface area contributed by atoms with Crippen LogP contribution in [0.5, 0.6) is 5.75 Å². The lowest BCUT2D eigenvalue weighted by molar-refractivity contribution is -0.0502. The van der Waals surface area contributed by atoms with Gasteiger partial charge in [0.2, 0.25) is 10.0 Å². The van der Waals surface area contributed by atoms with E-state index in [2.05, 4.69) is 9.64 Å². The minimum Gasteiger partial charge on any atom is -0.435 e. The summed E-state index contributed by atoms with van der Waals surface area (Å²) in [6.07, 6.45) is 2.53. The smallest absolute Gasteiger partial charge is 0.387 e. The van der Waals surface area contributed by atoms with Crippen molar-refractivity contribution in [3.8, 4) is 5.75 Å². The standard InChI is InChI=1S/C19H24F4N2O4S/c20-16-9-15(29-19(22)23)10-17(21)18(16)30(26,27)25-13-1-2-14(25)8-12(7-13)11-24-3-5-28-6-4-24/h9-10,12-14,19H,1-8,11H2/t12?,13-,14+. The second-order valence-corrected chi connectivity index (χ2v) is 9.84. The summed E-state index contributed by atoms with van der Waals surface area (Å²) in [7, 11) is -4.45. The van der Waals surface area contributed by atoms with Crippen molar-refractivity contribution in [1.29, 1.82) is 0 Å². The molecule has 4 rings (SSSR count). The van der Waals surface area contributed by atoms with E-state index in [0.717, 1.165) is 19.6 Å². The van der Waals surface area contributed by atoms with Crippen molar-refractivity contribution in [2.75, 3.05) is 32.8 Å². The molecule has 3 aliphatic heterocycles. The quantitative estimate of drug-likeness (QED) is 0.622. The number of halogens is 4. The van der Waals surface area contributed by atoms with Gasteiger partial charge in [0.1, 0.15) is 17.4 Å². The van der Waals surface area contributed by atoms with Crippen LogP contribution < -0.4 is 4.74 Å². The first-order chi connectivity index (χ1) is 14.3. The van der Waals surface area contributed by atoms with E-state index >= 15 is 0 Å². The van der Waals surface area contributed by atoms with E-state index in [1.165, 1.54) is 4.31 Å². The van der Waals surface area contributed by atoms with Gasteiger partial charge in [0.15, 0.2) is 4.90 Å². The summed E-state index contributed by atoms with van der Waals surface area (Å²) in [6, 6.07) is 0.316. The summed E-state index contributed by atoms with van der Waals surface area (Å²) >= 11 is 0. The molecule has 3 aliphatic rings. The van der Waals surface area contributed by atoms with E-state index < -0.39 is 38.9 Å². The average Bonchev–Trinajstić information content (AvgIpc) is 2.93. The Hall–Kier alpha value is -1.43. The van der Waals surface area contributed by atoms with Crippen molar-refractivity contribution >= 4 is 10.0 Å². The fourth-order valence-corrected chi connectivity index (χ4v) is 6.99. The molecule has 30 heavy (non-hydrogen) atoms.